The predicted molar refractivity (Wildman–Crippen MR) is 120 cm³/mol. The number of nitrogens with zero attached hydrogens (tertiary/aromatic N) is 1. The van der Waals surface area contributed by atoms with E-state index in [1.54, 1.807) is 0 Å². The number of halogens is 1. The first kappa shape index (κ1) is 25.8. The van der Waals surface area contributed by atoms with Crippen molar-refractivity contribution in [1.29, 1.82) is 0 Å². The number of imidazole rings is 1. The average Bonchev–Trinajstić information content (AvgIpc) is 3.26. The second-order valence-corrected chi connectivity index (χ2v) is 8.41. The maximum absolute atomic E-state index is 3.22. The first-order chi connectivity index (χ1) is 13.9. The summed E-state index contributed by atoms with van der Waals surface area (Å²) in [6.45, 7) is 2.29. The summed E-state index contributed by atoms with van der Waals surface area (Å²) in [5.74, 6) is 0. The lowest BCUT2D eigenvalue weighted by Crippen LogP contribution is -3.00. The monoisotopic (exact) mass is 418 g/mol. The summed E-state index contributed by atoms with van der Waals surface area (Å²) in [5, 5.41) is 0. The minimum Gasteiger partial charge on any atom is -1.00 e. The lowest BCUT2D eigenvalue weighted by Gasteiger charge is -2.14. The van der Waals surface area contributed by atoms with Gasteiger partial charge in [0.1, 0.15) is 18.4 Å². The fourth-order valence-electron chi connectivity index (χ4n) is 4.20. The number of hydrogen-bond acceptors (Lipinski definition) is 0. The zero-order chi connectivity index (χ0) is 19.7. The third-order valence-electron chi connectivity index (χ3n) is 5.97. The molecule has 0 aliphatic carbocycles. The van der Waals surface area contributed by atoms with E-state index in [9.17, 15) is 0 Å². The van der Waals surface area contributed by atoms with E-state index in [2.05, 4.69) is 59.3 Å². The summed E-state index contributed by atoms with van der Waals surface area (Å²) in [6, 6.07) is 11.6. The Morgan fingerprint density at radius 2 is 1.34 bits per heavy atom. The van der Waals surface area contributed by atoms with Crippen LogP contribution in [0.15, 0.2) is 49.1 Å². The maximum atomic E-state index is 3.22. The largest absolute Gasteiger partial charge is 1.00 e. The topological polar surface area (TPSA) is 19.7 Å². The third kappa shape index (κ3) is 12.1. The molecule has 0 spiro atoms. The van der Waals surface area contributed by atoms with Crippen molar-refractivity contribution >= 4 is 0 Å². The number of rotatable bonds is 17. The smallest absolute Gasteiger partial charge is 0.241 e. The summed E-state index contributed by atoms with van der Waals surface area (Å²) < 4.78 is 2.39. The Labute approximate surface area is 185 Å². The van der Waals surface area contributed by atoms with Gasteiger partial charge in [-0.15, -0.1) is 0 Å². The number of benzene rings is 1. The molecular formula is C26H43ClN2. The molecule has 1 unspecified atom stereocenters. The fraction of sp³-hybridized carbons (Fsp3) is 0.654. The van der Waals surface area contributed by atoms with E-state index >= 15 is 0 Å². The van der Waals surface area contributed by atoms with Crippen molar-refractivity contribution in [3.05, 3.63) is 54.6 Å². The van der Waals surface area contributed by atoms with E-state index in [-0.39, 0.29) is 12.4 Å². The Kier molecular flexibility index (Phi) is 15.6. The maximum Gasteiger partial charge on any atom is 0.241 e. The zero-order valence-electron chi connectivity index (χ0n) is 18.6. The number of aromatic amines is 1. The Bertz CT molecular complexity index is 568. The van der Waals surface area contributed by atoms with Crippen LogP contribution in [0.4, 0.5) is 0 Å². The van der Waals surface area contributed by atoms with Gasteiger partial charge in [0.2, 0.25) is 6.33 Å². The van der Waals surface area contributed by atoms with Crippen LogP contribution in [0, 0.1) is 0 Å². The molecule has 0 bridgehead atoms. The Balaban J connectivity index is 0.00000420. The molecule has 1 N–H and O–H groups in total. The van der Waals surface area contributed by atoms with Crippen LogP contribution in [0.1, 0.15) is 108 Å². The quantitative estimate of drug-likeness (QED) is 0.287. The number of H-pyrrole nitrogens is 1. The van der Waals surface area contributed by atoms with Crippen molar-refractivity contribution in [2.45, 2.75) is 109 Å². The lowest BCUT2D eigenvalue weighted by molar-refractivity contribution is -0.723. The first-order valence-corrected chi connectivity index (χ1v) is 12.0. The van der Waals surface area contributed by atoms with Gasteiger partial charge in [-0.2, -0.15) is 0 Å². The van der Waals surface area contributed by atoms with E-state index in [0.29, 0.717) is 6.04 Å². The van der Waals surface area contributed by atoms with E-state index in [0.717, 1.165) is 0 Å². The molecular weight excluding hydrogens is 376 g/mol. The molecule has 2 nitrogen and oxygen atoms in total. The van der Waals surface area contributed by atoms with Gasteiger partial charge in [0, 0.05) is 0 Å². The van der Waals surface area contributed by atoms with E-state index < -0.39 is 0 Å². The second-order valence-electron chi connectivity index (χ2n) is 8.41. The van der Waals surface area contributed by atoms with Gasteiger partial charge in [-0.3, -0.25) is 4.98 Å². The predicted octanol–water partition coefficient (Wildman–Crippen LogP) is 4.57. The fourth-order valence-corrected chi connectivity index (χ4v) is 4.20. The van der Waals surface area contributed by atoms with E-state index in [1.165, 1.54) is 102 Å². The molecule has 0 fully saturated rings. The van der Waals surface area contributed by atoms with Gasteiger partial charge in [0.05, 0.1) is 0 Å². The van der Waals surface area contributed by atoms with Crippen molar-refractivity contribution in [2.75, 3.05) is 0 Å². The van der Waals surface area contributed by atoms with E-state index in [1.807, 2.05) is 6.20 Å². The highest BCUT2D eigenvalue weighted by Crippen LogP contribution is 2.19. The van der Waals surface area contributed by atoms with Gasteiger partial charge >= 0.3 is 0 Å². The van der Waals surface area contributed by atoms with Gasteiger partial charge in [0.15, 0.2) is 0 Å². The van der Waals surface area contributed by atoms with Crippen LogP contribution in [-0.4, -0.2) is 4.98 Å². The van der Waals surface area contributed by atoms with E-state index in [4.69, 9.17) is 0 Å². The normalized spacial score (nSPS) is 11.9. The van der Waals surface area contributed by atoms with Crippen molar-refractivity contribution in [1.82, 2.24) is 4.98 Å². The molecule has 1 heterocycles. The van der Waals surface area contributed by atoms with Gasteiger partial charge < -0.3 is 12.4 Å². The molecule has 0 amide bonds. The summed E-state index contributed by atoms with van der Waals surface area (Å²) in [4.78, 5) is 3.22. The van der Waals surface area contributed by atoms with Crippen LogP contribution in [-0.2, 0) is 6.42 Å². The third-order valence-corrected chi connectivity index (χ3v) is 5.97. The van der Waals surface area contributed by atoms with Crippen molar-refractivity contribution in [2.24, 2.45) is 0 Å². The molecule has 3 heteroatoms. The van der Waals surface area contributed by atoms with Crippen LogP contribution in [0.5, 0.6) is 0 Å². The number of aryl methyl sites for hydroxylation is 1. The highest BCUT2D eigenvalue weighted by atomic mass is 35.5. The highest BCUT2D eigenvalue weighted by molar-refractivity contribution is 5.14. The van der Waals surface area contributed by atoms with Crippen LogP contribution in [0.3, 0.4) is 0 Å². The minimum absolute atomic E-state index is 0. The molecule has 29 heavy (non-hydrogen) atoms. The van der Waals surface area contributed by atoms with Gasteiger partial charge in [-0.1, -0.05) is 101 Å². The number of hydrogen-bond donors (Lipinski definition) is 1. The Morgan fingerprint density at radius 3 is 1.93 bits per heavy atom. The summed E-state index contributed by atoms with van der Waals surface area (Å²) in [6.07, 6.45) is 27.1. The second kappa shape index (κ2) is 17.6. The molecule has 1 aromatic heterocycles. The molecule has 164 valence electrons. The van der Waals surface area contributed by atoms with Crippen molar-refractivity contribution in [3.63, 3.8) is 0 Å². The Hall–Kier alpha value is -1.28. The molecule has 0 radical (unpaired) electrons. The summed E-state index contributed by atoms with van der Waals surface area (Å²) in [7, 11) is 0. The molecule has 0 saturated heterocycles. The molecule has 0 saturated carbocycles. The summed E-state index contributed by atoms with van der Waals surface area (Å²) >= 11 is 0. The van der Waals surface area contributed by atoms with Gasteiger partial charge in [-0.25, -0.2) is 4.57 Å². The summed E-state index contributed by atoms with van der Waals surface area (Å²) in [5.41, 5.74) is 1.47. The number of aromatic nitrogens is 2. The zero-order valence-corrected chi connectivity index (χ0v) is 19.4. The van der Waals surface area contributed by atoms with Crippen molar-refractivity contribution in [3.8, 4) is 0 Å². The molecule has 2 aromatic rings. The Morgan fingerprint density at radius 1 is 0.759 bits per heavy atom. The highest BCUT2D eigenvalue weighted by Gasteiger charge is 2.14. The molecule has 1 atom stereocenters. The standard InChI is InChI=1S/C26H42N2.ClH/c1-2-3-4-5-6-7-8-9-10-11-15-20-26(28-23-22-27-24-28)21-16-19-25-17-13-12-14-18-25;/h12-14,17-18,22-24,26H,2-11,15-16,19-21H2,1H3;1H. The molecule has 2 rings (SSSR count). The average molecular weight is 419 g/mol. The van der Waals surface area contributed by atoms with Crippen LogP contribution in [0.25, 0.3) is 0 Å². The van der Waals surface area contributed by atoms with Crippen LogP contribution >= 0.6 is 0 Å². The van der Waals surface area contributed by atoms with Gasteiger partial charge in [-0.05, 0) is 37.7 Å². The SMILES string of the molecule is CCCCCCCCCCCCCC(CCCc1ccccc1)[n+]1cc[nH]c1.[Cl-]. The van der Waals surface area contributed by atoms with Crippen LogP contribution < -0.4 is 17.0 Å². The molecule has 0 aliphatic rings. The van der Waals surface area contributed by atoms with Crippen molar-refractivity contribution < 1.29 is 17.0 Å². The lowest BCUT2D eigenvalue weighted by atomic mass is 9.99. The molecule has 0 aliphatic heterocycles. The minimum atomic E-state index is 0. The molecule has 1 aromatic carbocycles. The van der Waals surface area contributed by atoms with Crippen LogP contribution in [0.2, 0.25) is 0 Å². The first-order valence-electron chi connectivity index (χ1n) is 12.0. The number of nitrogens with one attached hydrogen (secondary N) is 1. The van der Waals surface area contributed by atoms with Gasteiger partial charge in [0.25, 0.3) is 0 Å². The number of unbranched alkanes of at least 4 members (excludes halogenated alkanes) is 10.